The van der Waals surface area contributed by atoms with E-state index in [9.17, 15) is 14.4 Å². The molecule has 96 valence electrons. The number of hydrogen-bond acceptors (Lipinski definition) is 4. The van der Waals surface area contributed by atoms with Gasteiger partial charge in [0.25, 0.3) is 11.5 Å². The molecule has 0 aliphatic heterocycles. The first-order valence-corrected chi connectivity index (χ1v) is 5.73. The molecule has 1 heterocycles. The summed E-state index contributed by atoms with van der Waals surface area (Å²) in [7, 11) is 0. The number of aromatic amines is 1. The Morgan fingerprint density at radius 1 is 1.44 bits per heavy atom. The molecule has 1 atom stereocenters. The van der Waals surface area contributed by atoms with Crippen molar-refractivity contribution in [1.29, 1.82) is 0 Å². The Bertz CT molecular complexity index is 501. The van der Waals surface area contributed by atoms with E-state index in [-0.39, 0.29) is 23.2 Å². The molecule has 1 aromatic rings. The molecule has 1 aliphatic rings. The number of carbonyl (C=O) groups is 2. The smallest absolute Gasteiger partial charge is 0.272 e. The highest BCUT2D eigenvalue weighted by atomic mass is 16.2. The summed E-state index contributed by atoms with van der Waals surface area (Å²) in [4.78, 5) is 34.1. The van der Waals surface area contributed by atoms with Gasteiger partial charge in [-0.05, 0) is 25.8 Å². The summed E-state index contributed by atoms with van der Waals surface area (Å²) in [6, 6.07) is 2.13. The molecule has 1 saturated carbocycles. The van der Waals surface area contributed by atoms with Crippen LogP contribution in [0.2, 0.25) is 0 Å². The van der Waals surface area contributed by atoms with E-state index in [1.54, 1.807) is 6.92 Å². The maximum atomic E-state index is 11.7. The third kappa shape index (κ3) is 3.16. The lowest BCUT2D eigenvalue weighted by atomic mass is 10.3. The molecule has 0 radical (unpaired) electrons. The zero-order valence-electron chi connectivity index (χ0n) is 9.90. The van der Waals surface area contributed by atoms with Crippen LogP contribution in [0, 0.1) is 0 Å². The number of rotatable bonds is 4. The number of H-pyrrole nitrogens is 1. The SMILES string of the molecule is CC(NC(=O)c1ccc(=O)[nH]n1)C(=O)NC1CC1. The minimum absolute atomic E-state index is 0.0701. The highest BCUT2D eigenvalue weighted by molar-refractivity contribution is 5.95. The molecular weight excluding hydrogens is 236 g/mol. The van der Waals surface area contributed by atoms with E-state index < -0.39 is 11.9 Å². The number of hydrogen-bond donors (Lipinski definition) is 3. The van der Waals surface area contributed by atoms with Gasteiger partial charge in [-0.2, -0.15) is 5.10 Å². The Labute approximate surface area is 103 Å². The van der Waals surface area contributed by atoms with Crippen molar-refractivity contribution in [2.24, 2.45) is 0 Å². The van der Waals surface area contributed by atoms with Gasteiger partial charge in [0.15, 0.2) is 0 Å². The molecule has 1 aliphatic carbocycles. The van der Waals surface area contributed by atoms with Gasteiger partial charge in [0.05, 0.1) is 0 Å². The normalized spacial score (nSPS) is 15.8. The van der Waals surface area contributed by atoms with Crippen LogP contribution in [0.1, 0.15) is 30.3 Å². The van der Waals surface area contributed by atoms with Crippen LogP contribution in [0.3, 0.4) is 0 Å². The van der Waals surface area contributed by atoms with E-state index in [1.807, 2.05) is 0 Å². The van der Waals surface area contributed by atoms with E-state index in [4.69, 9.17) is 0 Å². The first kappa shape index (κ1) is 12.3. The minimum Gasteiger partial charge on any atom is -0.352 e. The molecule has 7 nitrogen and oxygen atoms in total. The van der Waals surface area contributed by atoms with E-state index in [0.29, 0.717) is 0 Å². The summed E-state index contributed by atoms with van der Waals surface area (Å²) in [5, 5.41) is 11.0. The zero-order valence-corrected chi connectivity index (χ0v) is 9.90. The molecule has 7 heteroatoms. The Hall–Kier alpha value is -2.18. The predicted molar refractivity (Wildman–Crippen MR) is 63.0 cm³/mol. The van der Waals surface area contributed by atoms with Crippen molar-refractivity contribution in [3.63, 3.8) is 0 Å². The van der Waals surface area contributed by atoms with Crippen molar-refractivity contribution in [1.82, 2.24) is 20.8 Å². The molecule has 2 amide bonds. The Morgan fingerprint density at radius 3 is 2.72 bits per heavy atom. The van der Waals surface area contributed by atoms with Crippen molar-refractivity contribution in [2.75, 3.05) is 0 Å². The fraction of sp³-hybridized carbons (Fsp3) is 0.455. The Morgan fingerprint density at radius 2 is 2.17 bits per heavy atom. The van der Waals surface area contributed by atoms with Gasteiger partial charge in [-0.15, -0.1) is 0 Å². The summed E-state index contributed by atoms with van der Waals surface area (Å²) < 4.78 is 0. The molecule has 1 fully saturated rings. The maximum absolute atomic E-state index is 11.7. The second kappa shape index (κ2) is 4.99. The average molecular weight is 250 g/mol. The van der Waals surface area contributed by atoms with Crippen molar-refractivity contribution in [3.05, 3.63) is 28.2 Å². The van der Waals surface area contributed by atoms with Gasteiger partial charge < -0.3 is 10.6 Å². The van der Waals surface area contributed by atoms with Gasteiger partial charge in [0.2, 0.25) is 5.91 Å². The van der Waals surface area contributed by atoms with Crippen LogP contribution in [-0.2, 0) is 4.79 Å². The van der Waals surface area contributed by atoms with Crippen LogP contribution in [0.4, 0.5) is 0 Å². The highest BCUT2D eigenvalue weighted by Gasteiger charge is 2.26. The molecule has 18 heavy (non-hydrogen) atoms. The molecule has 0 aromatic carbocycles. The lowest BCUT2D eigenvalue weighted by Gasteiger charge is -2.13. The first-order valence-electron chi connectivity index (χ1n) is 5.73. The van der Waals surface area contributed by atoms with Crippen LogP contribution >= 0.6 is 0 Å². The third-order valence-corrected chi connectivity index (χ3v) is 2.58. The van der Waals surface area contributed by atoms with E-state index in [0.717, 1.165) is 12.8 Å². The summed E-state index contributed by atoms with van der Waals surface area (Å²) >= 11 is 0. The van der Waals surface area contributed by atoms with Crippen molar-refractivity contribution in [3.8, 4) is 0 Å². The Balaban J connectivity index is 1.91. The zero-order chi connectivity index (χ0) is 13.1. The average Bonchev–Trinajstić information content (AvgIpc) is 3.13. The van der Waals surface area contributed by atoms with Crippen LogP contribution in [0.25, 0.3) is 0 Å². The van der Waals surface area contributed by atoms with Gasteiger partial charge in [-0.3, -0.25) is 14.4 Å². The third-order valence-electron chi connectivity index (χ3n) is 2.58. The minimum atomic E-state index is -0.633. The second-order valence-corrected chi connectivity index (χ2v) is 4.28. The van der Waals surface area contributed by atoms with Gasteiger partial charge in [-0.1, -0.05) is 0 Å². The maximum Gasteiger partial charge on any atom is 0.272 e. The number of carbonyl (C=O) groups excluding carboxylic acids is 2. The summed E-state index contributed by atoms with van der Waals surface area (Å²) in [6.45, 7) is 1.60. The summed E-state index contributed by atoms with van der Waals surface area (Å²) in [5.41, 5.74) is -0.313. The van der Waals surface area contributed by atoms with E-state index in [2.05, 4.69) is 20.8 Å². The monoisotopic (exact) mass is 250 g/mol. The fourth-order valence-electron chi connectivity index (χ4n) is 1.36. The van der Waals surface area contributed by atoms with Crippen LogP contribution < -0.4 is 16.2 Å². The van der Waals surface area contributed by atoms with Crippen LogP contribution in [-0.4, -0.2) is 34.1 Å². The number of aromatic nitrogens is 2. The molecule has 1 unspecified atom stereocenters. The van der Waals surface area contributed by atoms with Crippen molar-refractivity contribution in [2.45, 2.75) is 31.8 Å². The van der Waals surface area contributed by atoms with Crippen molar-refractivity contribution < 1.29 is 9.59 Å². The largest absolute Gasteiger partial charge is 0.352 e. The van der Waals surface area contributed by atoms with Crippen molar-refractivity contribution >= 4 is 11.8 Å². The van der Waals surface area contributed by atoms with Gasteiger partial charge in [-0.25, -0.2) is 5.10 Å². The summed E-state index contributed by atoms with van der Waals surface area (Å²) in [5.74, 6) is -0.708. The predicted octanol–water partition coefficient (Wildman–Crippen LogP) is -0.833. The van der Waals surface area contributed by atoms with Gasteiger partial charge in [0.1, 0.15) is 11.7 Å². The number of nitrogens with zero attached hydrogens (tertiary/aromatic N) is 1. The lowest BCUT2D eigenvalue weighted by Crippen LogP contribution is -2.45. The molecule has 0 spiro atoms. The molecule has 3 N–H and O–H groups in total. The fourth-order valence-corrected chi connectivity index (χ4v) is 1.36. The second-order valence-electron chi connectivity index (χ2n) is 4.28. The van der Waals surface area contributed by atoms with E-state index in [1.165, 1.54) is 12.1 Å². The lowest BCUT2D eigenvalue weighted by molar-refractivity contribution is -0.122. The molecule has 2 rings (SSSR count). The Kier molecular flexibility index (Phi) is 3.40. The number of nitrogens with one attached hydrogen (secondary N) is 3. The highest BCUT2D eigenvalue weighted by Crippen LogP contribution is 2.18. The molecule has 1 aromatic heterocycles. The van der Waals surface area contributed by atoms with Gasteiger partial charge >= 0.3 is 0 Å². The molecule has 0 saturated heterocycles. The molecule has 0 bridgehead atoms. The van der Waals surface area contributed by atoms with Crippen LogP contribution in [0.15, 0.2) is 16.9 Å². The molecular formula is C11H14N4O3. The topological polar surface area (TPSA) is 104 Å². The first-order chi connectivity index (χ1) is 8.56. The van der Waals surface area contributed by atoms with Crippen LogP contribution in [0.5, 0.6) is 0 Å². The number of amides is 2. The quantitative estimate of drug-likeness (QED) is 0.648. The van der Waals surface area contributed by atoms with E-state index >= 15 is 0 Å². The standard InChI is InChI=1S/C11H14N4O3/c1-6(10(17)13-7-2-3-7)12-11(18)8-4-5-9(16)15-14-8/h4-7H,2-3H2,1H3,(H,12,18)(H,13,17)(H,15,16). The van der Waals surface area contributed by atoms with Gasteiger partial charge in [0, 0.05) is 12.1 Å². The summed E-state index contributed by atoms with van der Waals surface area (Å²) in [6.07, 6.45) is 1.99.